The van der Waals surface area contributed by atoms with E-state index in [9.17, 15) is 31.1 Å². The van der Waals surface area contributed by atoms with E-state index in [1.807, 2.05) is 0 Å². The van der Waals surface area contributed by atoms with Crippen molar-refractivity contribution < 1.29 is 31.1 Å². The predicted molar refractivity (Wildman–Crippen MR) is 85.4 cm³/mol. The van der Waals surface area contributed by atoms with Crippen LogP contribution in [0.5, 0.6) is 0 Å². The smallest absolute Gasteiger partial charge is 0.261 e. The first-order chi connectivity index (χ1) is 12.8. The number of carbonyl (C=O) groups excluding carboxylic acids is 1. The quantitative estimate of drug-likeness (QED) is 0.624. The molecule has 2 atom stereocenters. The third kappa shape index (κ3) is 5.79. The second kappa shape index (κ2) is 9.51. The van der Waals surface area contributed by atoms with Gasteiger partial charge in [-0.3, -0.25) is 4.79 Å². The van der Waals surface area contributed by atoms with Gasteiger partial charge >= 0.3 is 0 Å². The fraction of sp³-hybridized carbons (Fsp3) is 0.600. The van der Waals surface area contributed by atoms with Gasteiger partial charge in [-0.2, -0.15) is 15.0 Å². The SMILES string of the molecule is O=C1C=C(c2nc(NC(CF)C(F)F)nc(NC(CF)C(F)F)n2)CCC1. The molecular formula is C15H17F6N5O. The molecule has 0 amide bonds. The lowest BCUT2D eigenvalue weighted by Crippen LogP contribution is -2.33. The van der Waals surface area contributed by atoms with Crippen molar-refractivity contribution in [3.05, 3.63) is 11.9 Å². The summed E-state index contributed by atoms with van der Waals surface area (Å²) in [5, 5.41) is 4.12. The third-order valence-corrected chi connectivity index (χ3v) is 3.70. The minimum absolute atomic E-state index is 0.123. The van der Waals surface area contributed by atoms with Crippen LogP contribution >= 0.6 is 0 Å². The van der Waals surface area contributed by atoms with Crippen molar-refractivity contribution in [3.63, 3.8) is 0 Å². The van der Waals surface area contributed by atoms with E-state index in [2.05, 4.69) is 25.6 Å². The predicted octanol–water partition coefficient (Wildman–Crippen LogP) is 3.04. The van der Waals surface area contributed by atoms with Crippen molar-refractivity contribution >= 4 is 23.3 Å². The Hall–Kier alpha value is -2.40. The van der Waals surface area contributed by atoms with Gasteiger partial charge in [0.2, 0.25) is 11.9 Å². The zero-order valence-electron chi connectivity index (χ0n) is 13.9. The molecule has 2 N–H and O–H groups in total. The largest absolute Gasteiger partial charge is 0.343 e. The van der Waals surface area contributed by atoms with Crippen molar-refractivity contribution in [2.75, 3.05) is 24.0 Å². The van der Waals surface area contributed by atoms with E-state index in [4.69, 9.17) is 0 Å². The Labute approximate surface area is 150 Å². The molecule has 0 saturated heterocycles. The summed E-state index contributed by atoms with van der Waals surface area (Å²) < 4.78 is 76.5. The Morgan fingerprint density at radius 1 is 0.889 bits per heavy atom. The van der Waals surface area contributed by atoms with Crippen molar-refractivity contribution in [1.82, 2.24) is 15.0 Å². The number of nitrogens with one attached hydrogen (secondary N) is 2. The number of hydrogen-bond donors (Lipinski definition) is 2. The number of carbonyl (C=O) groups is 1. The number of hydrogen-bond acceptors (Lipinski definition) is 6. The van der Waals surface area contributed by atoms with Crippen LogP contribution in [-0.4, -0.2) is 59.0 Å². The van der Waals surface area contributed by atoms with Gasteiger partial charge in [0.05, 0.1) is 0 Å². The normalized spacial score (nSPS) is 17.0. The molecule has 1 heterocycles. The minimum Gasteiger partial charge on any atom is -0.343 e. The molecule has 150 valence electrons. The van der Waals surface area contributed by atoms with Gasteiger partial charge in [0.15, 0.2) is 11.6 Å². The van der Waals surface area contributed by atoms with E-state index in [0.29, 0.717) is 24.8 Å². The summed E-state index contributed by atoms with van der Waals surface area (Å²) >= 11 is 0. The lowest BCUT2D eigenvalue weighted by molar-refractivity contribution is -0.114. The van der Waals surface area contributed by atoms with Gasteiger partial charge in [0, 0.05) is 12.0 Å². The molecule has 2 unspecified atom stereocenters. The van der Waals surface area contributed by atoms with Crippen molar-refractivity contribution in [2.24, 2.45) is 0 Å². The Balaban J connectivity index is 2.38. The van der Waals surface area contributed by atoms with E-state index in [-0.39, 0.29) is 11.6 Å². The highest BCUT2D eigenvalue weighted by Crippen LogP contribution is 2.25. The standard InChI is InChI=1S/C15H17F6N5O/c16-5-9(11(18)19)22-14-24-13(7-2-1-3-8(27)4-7)25-15(26-14)23-10(6-17)12(20)21/h4,9-12H,1-3,5-6H2,(H2,22,23,24,25,26). The maximum absolute atomic E-state index is 12.8. The molecule has 12 heteroatoms. The number of nitrogens with zero attached hydrogens (tertiary/aromatic N) is 3. The van der Waals surface area contributed by atoms with Crippen LogP contribution < -0.4 is 10.6 Å². The Morgan fingerprint density at radius 3 is 1.81 bits per heavy atom. The van der Waals surface area contributed by atoms with Gasteiger partial charge in [0.1, 0.15) is 25.4 Å². The molecule has 0 aromatic carbocycles. The maximum Gasteiger partial charge on any atom is 0.261 e. The topological polar surface area (TPSA) is 79.8 Å². The number of halogens is 6. The first-order valence-corrected chi connectivity index (χ1v) is 8.05. The van der Waals surface area contributed by atoms with Crippen LogP contribution in [0.3, 0.4) is 0 Å². The first-order valence-electron chi connectivity index (χ1n) is 8.05. The van der Waals surface area contributed by atoms with Gasteiger partial charge < -0.3 is 10.6 Å². The molecule has 27 heavy (non-hydrogen) atoms. The van der Waals surface area contributed by atoms with Crippen LogP contribution in [-0.2, 0) is 4.79 Å². The highest BCUT2D eigenvalue weighted by atomic mass is 19.3. The Bertz CT molecular complexity index is 650. The molecule has 0 aliphatic heterocycles. The maximum atomic E-state index is 12.8. The fourth-order valence-electron chi connectivity index (χ4n) is 2.29. The fourth-order valence-corrected chi connectivity index (χ4v) is 2.29. The number of rotatable bonds is 9. The Kier molecular flexibility index (Phi) is 7.36. The number of allylic oxidation sites excluding steroid dienone is 2. The van der Waals surface area contributed by atoms with Crippen LogP contribution in [0.4, 0.5) is 38.2 Å². The molecule has 6 nitrogen and oxygen atoms in total. The average molecular weight is 397 g/mol. The van der Waals surface area contributed by atoms with E-state index in [1.54, 1.807) is 0 Å². The molecule has 1 aliphatic rings. The van der Waals surface area contributed by atoms with Gasteiger partial charge in [-0.15, -0.1) is 0 Å². The summed E-state index contributed by atoms with van der Waals surface area (Å²) in [5.74, 6) is -1.33. The first kappa shape index (κ1) is 20.9. The molecule has 0 bridgehead atoms. The van der Waals surface area contributed by atoms with Gasteiger partial charge in [-0.05, 0) is 18.9 Å². The van der Waals surface area contributed by atoms with Gasteiger partial charge in [-0.25, -0.2) is 26.3 Å². The molecular weight excluding hydrogens is 380 g/mol. The van der Waals surface area contributed by atoms with E-state index in [0.717, 1.165) is 0 Å². The van der Waals surface area contributed by atoms with Crippen LogP contribution in [0.25, 0.3) is 5.57 Å². The van der Waals surface area contributed by atoms with E-state index >= 15 is 0 Å². The van der Waals surface area contributed by atoms with Gasteiger partial charge in [-0.1, -0.05) is 0 Å². The highest BCUT2D eigenvalue weighted by Gasteiger charge is 2.25. The zero-order valence-corrected chi connectivity index (χ0v) is 13.9. The molecule has 0 fully saturated rings. The van der Waals surface area contributed by atoms with Crippen LogP contribution in [0, 0.1) is 0 Å². The molecule has 0 spiro atoms. The minimum atomic E-state index is -3.08. The number of aromatic nitrogens is 3. The number of anilines is 2. The second-order valence-electron chi connectivity index (χ2n) is 5.77. The molecule has 0 radical (unpaired) electrons. The summed E-state index contributed by atoms with van der Waals surface area (Å²) in [7, 11) is 0. The van der Waals surface area contributed by atoms with Crippen LogP contribution in [0.1, 0.15) is 25.1 Å². The summed E-state index contributed by atoms with van der Waals surface area (Å²) in [6.45, 7) is -2.88. The molecule has 2 rings (SSSR count). The highest BCUT2D eigenvalue weighted by molar-refractivity contribution is 5.97. The molecule has 1 aromatic heterocycles. The Morgan fingerprint density at radius 2 is 1.41 bits per heavy atom. The van der Waals surface area contributed by atoms with Gasteiger partial charge in [0.25, 0.3) is 12.9 Å². The van der Waals surface area contributed by atoms with Crippen molar-refractivity contribution in [2.45, 2.75) is 44.2 Å². The van der Waals surface area contributed by atoms with Crippen LogP contribution in [0.15, 0.2) is 6.08 Å². The monoisotopic (exact) mass is 397 g/mol. The summed E-state index contributed by atoms with van der Waals surface area (Å²) in [5.41, 5.74) is 0.349. The summed E-state index contributed by atoms with van der Waals surface area (Å²) in [4.78, 5) is 22.9. The van der Waals surface area contributed by atoms with Crippen molar-refractivity contribution in [3.8, 4) is 0 Å². The summed E-state index contributed by atoms with van der Waals surface area (Å²) in [6.07, 6.45) is -3.71. The number of alkyl halides is 6. The lowest BCUT2D eigenvalue weighted by Gasteiger charge is -2.19. The molecule has 1 aliphatic carbocycles. The second-order valence-corrected chi connectivity index (χ2v) is 5.77. The van der Waals surface area contributed by atoms with E-state index < -0.39 is 50.2 Å². The lowest BCUT2D eigenvalue weighted by atomic mass is 9.98. The van der Waals surface area contributed by atoms with E-state index in [1.165, 1.54) is 6.08 Å². The van der Waals surface area contributed by atoms with Crippen molar-refractivity contribution in [1.29, 1.82) is 0 Å². The van der Waals surface area contributed by atoms with Crippen LogP contribution in [0.2, 0.25) is 0 Å². The average Bonchev–Trinajstić information content (AvgIpc) is 2.63. The third-order valence-electron chi connectivity index (χ3n) is 3.70. The summed E-state index contributed by atoms with van der Waals surface area (Å²) in [6, 6.07) is -3.86. The molecule has 1 aromatic rings. The zero-order chi connectivity index (χ0) is 20.0. The number of ketones is 1. The molecule has 0 saturated carbocycles.